The molecule has 0 aromatic heterocycles. The van der Waals surface area contributed by atoms with Gasteiger partial charge in [0.15, 0.2) is 0 Å². The van der Waals surface area contributed by atoms with Gasteiger partial charge in [0.2, 0.25) is 0 Å². The van der Waals surface area contributed by atoms with E-state index in [-0.39, 0.29) is 18.4 Å². The Labute approximate surface area is 139 Å². The van der Waals surface area contributed by atoms with Crippen molar-refractivity contribution in [1.82, 2.24) is 9.80 Å². The van der Waals surface area contributed by atoms with E-state index in [4.69, 9.17) is 9.84 Å². The quantitative estimate of drug-likeness (QED) is 0.771. The van der Waals surface area contributed by atoms with Crippen LogP contribution in [0.4, 0.5) is 8.78 Å². The van der Waals surface area contributed by atoms with Gasteiger partial charge in [-0.3, -0.25) is 14.6 Å². The van der Waals surface area contributed by atoms with Crippen LogP contribution in [0, 0.1) is 0 Å². The van der Waals surface area contributed by atoms with Crippen molar-refractivity contribution in [2.75, 3.05) is 39.8 Å². The summed E-state index contributed by atoms with van der Waals surface area (Å²) < 4.78 is 34.3. The van der Waals surface area contributed by atoms with Crippen molar-refractivity contribution in [2.45, 2.75) is 19.3 Å². The van der Waals surface area contributed by atoms with Crippen LogP contribution in [0.15, 0.2) is 24.3 Å². The standard InChI is InChI=1S/C16H22F2N2O4/c1-19(11-15(21)22)9-14-10-20(6-7-23-14)8-12-2-4-13(5-3-12)24-16(17)18/h2-5,14,16H,6-11H2,1H3,(H,21,22). The fraction of sp³-hybridized carbons (Fsp3) is 0.562. The van der Waals surface area contributed by atoms with E-state index in [9.17, 15) is 13.6 Å². The van der Waals surface area contributed by atoms with Crippen LogP contribution in [-0.2, 0) is 16.1 Å². The third-order valence-electron chi connectivity index (χ3n) is 3.70. The monoisotopic (exact) mass is 344 g/mol. The summed E-state index contributed by atoms with van der Waals surface area (Å²) in [6.07, 6.45) is -0.0514. The zero-order valence-corrected chi connectivity index (χ0v) is 13.5. The molecular formula is C16H22F2N2O4. The topological polar surface area (TPSA) is 62.2 Å². The molecule has 134 valence electrons. The average Bonchev–Trinajstić information content (AvgIpc) is 2.48. The Morgan fingerprint density at radius 2 is 2.17 bits per heavy atom. The molecule has 24 heavy (non-hydrogen) atoms. The number of likely N-dealkylation sites (N-methyl/N-ethyl adjacent to an activating group) is 1. The Balaban J connectivity index is 1.82. The van der Waals surface area contributed by atoms with Gasteiger partial charge >= 0.3 is 12.6 Å². The number of carboxylic acids is 1. The van der Waals surface area contributed by atoms with Gasteiger partial charge in [0.25, 0.3) is 0 Å². The highest BCUT2D eigenvalue weighted by molar-refractivity contribution is 5.69. The highest BCUT2D eigenvalue weighted by Crippen LogP contribution is 2.17. The van der Waals surface area contributed by atoms with E-state index >= 15 is 0 Å². The van der Waals surface area contributed by atoms with Crippen LogP contribution in [0.25, 0.3) is 0 Å². The summed E-state index contributed by atoms with van der Waals surface area (Å²) >= 11 is 0. The first-order valence-electron chi connectivity index (χ1n) is 7.70. The Hall–Kier alpha value is -1.77. The lowest BCUT2D eigenvalue weighted by molar-refractivity contribution is -0.138. The lowest BCUT2D eigenvalue weighted by Gasteiger charge is -2.34. The molecule has 0 radical (unpaired) electrons. The maximum Gasteiger partial charge on any atom is 0.387 e. The number of halogens is 2. The summed E-state index contributed by atoms with van der Waals surface area (Å²) in [4.78, 5) is 14.6. The molecule has 1 aliphatic rings. The van der Waals surface area contributed by atoms with E-state index < -0.39 is 12.6 Å². The molecule has 0 amide bonds. The van der Waals surface area contributed by atoms with Crippen molar-refractivity contribution in [2.24, 2.45) is 0 Å². The Kier molecular flexibility index (Phi) is 6.89. The normalized spacial score (nSPS) is 19.0. The molecule has 0 bridgehead atoms. The molecule has 0 saturated carbocycles. The van der Waals surface area contributed by atoms with Gasteiger partial charge < -0.3 is 14.6 Å². The zero-order chi connectivity index (χ0) is 17.5. The predicted octanol–water partition coefficient (Wildman–Crippen LogP) is 1.51. The summed E-state index contributed by atoms with van der Waals surface area (Å²) in [6.45, 7) is 0.428. The van der Waals surface area contributed by atoms with E-state index in [1.165, 1.54) is 12.1 Å². The number of rotatable bonds is 8. The van der Waals surface area contributed by atoms with Crippen molar-refractivity contribution in [3.05, 3.63) is 29.8 Å². The summed E-state index contributed by atoms with van der Waals surface area (Å²) in [6, 6.07) is 6.58. The number of aliphatic carboxylic acids is 1. The molecule has 0 spiro atoms. The van der Waals surface area contributed by atoms with Gasteiger partial charge in [0.1, 0.15) is 5.75 Å². The number of hydrogen-bond donors (Lipinski definition) is 1. The Bertz CT molecular complexity index is 527. The average molecular weight is 344 g/mol. The third-order valence-corrected chi connectivity index (χ3v) is 3.70. The van der Waals surface area contributed by atoms with Crippen molar-refractivity contribution in [1.29, 1.82) is 0 Å². The molecular weight excluding hydrogens is 322 g/mol. The van der Waals surface area contributed by atoms with Gasteiger partial charge in [0, 0.05) is 26.2 Å². The molecule has 8 heteroatoms. The Morgan fingerprint density at radius 1 is 1.46 bits per heavy atom. The molecule has 1 fully saturated rings. The maximum absolute atomic E-state index is 12.1. The number of carboxylic acid groups (broad SMARTS) is 1. The van der Waals surface area contributed by atoms with Gasteiger partial charge in [0.05, 0.1) is 19.3 Å². The smallest absolute Gasteiger partial charge is 0.387 e. The van der Waals surface area contributed by atoms with Crippen LogP contribution in [0.5, 0.6) is 5.75 Å². The first kappa shape index (κ1) is 18.6. The Morgan fingerprint density at radius 3 is 2.79 bits per heavy atom. The molecule has 1 saturated heterocycles. The second-order valence-electron chi connectivity index (χ2n) is 5.84. The van der Waals surface area contributed by atoms with Gasteiger partial charge in [-0.25, -0.2) is 0 Å². The second-order valence-corrected chi connectivity index (χ2v) is 5.84. The maximum atomic E-state index is 12.1. The summed E-state index contributed by atoms with van der Waals surface area (Å²) in [5.41, 5.74) is 0.996. The van der Waals surface area contributed by atoms with Crippen LogP contribution in [0.1, 0.15) is 5.56 Å². The van der Waals surface area contributed by atoms with Crippen LogP contribution in [0.2, 0.25) is 0 Å². The lowest BCUT2D eigenvalue weighted by atomic mass is 10.1. The highest BCUT2D eigenvalue weighted by atomic mass is 19.3. The SMILES string of the molecule is CN(CC(=O)O)CC1CN(Cc2ccc(OC(F)F)cc2)CCO1. The number of benzene rings is 1. The number of alkyl halides is 2. The second kappa shape index (κ2) is 8.91. The molecule has 1 heterocycles. The molecule has 1 N–H and O–H groups in total. The van der Waals surface area contributed by atoms with Crippen molar-refractivity contribution in [3.8, 4) is 5.75 Å². The molecule has 1 atom stereocenters. The van der Waals surface area contributed by atoms with Crippen LogP contribution in [0.3, 0.4) is 0 Å². The highest BCUT2D eigenvalue weighted by Gasteiger charge is 2.22. The molecule has 1 aromatic carbocycles. The zero-order valence-electron chi connectivity index (χ0n) is 13.5. The first-order valence-corrected chi connectivity index (χ1v) is 7.70. The summed E-state index contributed by atoms with van der Waals surface area (Å²) in [7, 11) is 1.75. The van der Waals surface area contributed by atoms with Gasteiger partial charge in [-0.2, -0.15) is 8.78 Å². The van der Waals surface area contributed by atoms with Crippen LogP contribution in [-0.4, -0.2) is 73.4 Å². The van der Waals surface area contributed by atoms with E-state index in [1.807, 2.05) is 0 Å². The van der Waals surface area contributed by atoms with Crippen LogP contribution < -0.4 is 4.74 Å². The van der Waals surface area contributed by atoms with Crippen molar-refractivity contribution >= 4 is 5.97 Å². The molecule has 1 aliphatic heterocycles. The molecule has 0 aliphatic carbocycles. The number of hydrogen-bond acceptors (Lipinski definition) is 5. The minimum absolute atomic E-state index is 0.0224. The van der Waals surface area contributed by atoms with E-state index in [0.717, 1.165) is 12.1 Å². The summed E-state index contributed by atoms with van der Waals surface area (Å²) in [5.74, 6) is -0.722. The van der Waals surface area contributed by atoms with Gasteiger partial charge in [-0.05, 0) is 24.7 Å². The largest absolute Gasteiger partial charge is 0.480 e. The molecule has 2 rings (SSSR count). The van der Waals surface area contributed by atoms with Crippen molar-refractivity contribution < 1.29 is 28.2 Å². The van der Waals surface area contributed by atoms with Crippen LogP contribution >= 0.6 is 0 Å². The first-order chi connectivity index (χ1) is 11.4. The molecule has 6 nitrogen and oxygen atoms in total. The lowest BCUT2D eigenvalue weighted by Crippen LogP contribution is -2.47. The van der Waals surface area contributed by atoms with Crippen molar-refractivity contribution in [3.63, 3.8) is 0 Å². The number of ether oxygens (including phenoxy) is 2. The number of nitrogens with zero attached hydrogens (tertiary/aromatic N) is 2. The van der Waals surface area contributed by atoms with Gasteiger partial charge in [-0.1, -0.05) is 12.1 Å². The van der Waals surface area contributed by atoms with E-state index in [1.54, 1.807) is 24.1 Å². The van der Waals surface area contributed by atoms with E-state index in [2.05, 4.69) is 9.64 Å². The van der Waals surface area contributed by atoms with Gasteiger partial charge in [-0.15, -0.1) is 0 Å². The summed E-state index contributed by atoms with van der Waals surface area (Å²) in [5, 5.41) is 8.79. The predicted molar refractivity (Wildman–Crippen MR) is 83.2 cm³/mol. The van der Waals surface area contributed by atoms with E-state index in [0.29, 0.717) is 26.2 Å². The minimum atomic E-state index is -2.82. The number of morpholine rings is 1. The third kappa shape index (κ3) is 6.38. The minimum Gasteiger partial charge on any atom is -0.480 e. The molecule has 1 aromatic rings. The number of carbonyl (C=O) groups is 1. The fourth-order valence-electron chi connectivity index (χ4n) is 2.71. The fourth-order valence-corrected chi connectivity index (χ4v) is 2.71. The molecule has 1 unspecified atom stereocenters.